The number of aryl methyl sites for hydroxylation is 2. The number of rotatable bonds is 9. The molecule has 2 aromatic heterocycles. The van der Waals surface area contributed by atoms with Crippen molar-refractivity contribution in [2.75, 3.05) is 13.7 Å². The van der Waals surface area contributed by atoms with E-state index in [4.69, 9.17) is 18.3 Å². The van der Waals surface area contributed by atoms with Crippen LogP contribution in [0.4, 0.5) is 0 Å². The summed E-state index contributed by atoms with van der Waals surface area (Å²) in [5.74, 6) is 1.84. The summed E-state index contributed by atoms with van der Waals surface area (Å²) in [4.78, 5) is 23.7. The average molecular weight is 440 g/mol. The molecule has 9 heteroatoms. The molecular formula is C23H24N2O7. The first kappa shape index (κ1) is 22.7. The quantitative estimate of drug-likeness (QED) is 0.304. The van der Waals surface area contributed by atoms with Crippen LogP contribution < -0.4 is 14.9 Å². The topological polar surface area (TPSA) is 112 Å². The Balaban J connectivity index is 1.65. The number of amides is 1. The lowest BCUT2D eigenvalue weighted by Crippen LogP contribution is -2.17. The standard InChI is InChI=1S/C23H24N2O7/c1-5-29-21-11-16(12-24-25-22(26)18-10-14(2)31-15(18)3)6-8-19(21)30-13-17-7-9-20(32-17)23(27)28-4/h6-12H,5,13H2,1-4H3,(H,25,26)/b24-12+. The largest absolute Gasteiger partial charge is 0.490 e. The summed E-state index contributed by atoms with van der Waals surface area (Å²) in [6, 6.07) is 10.1. The van der Waals surface area contributed by atoms with Gasteiger partial charge in [-0.3, -0.25) is 4.79 Å². The zero-order valence-electron chi connectivity index (χ0n) is 18.3. The number of hydrogen-bond donors (Lipinski definition) is 1. The molecule has 0 atom stereocenters. The van der Waals surface area contributed by atoms with Crippen molar-refractivity contribution in [1.29, 1.82) is 0 Å². The van der Waals surface area contributed by atoms with E-state index in [1.807, 2.05) is 6.92 Å². The van der Waals surface area contributed by atoms with Gasteiger partial charge in [0.1, 0.15) is 23.9 Å². The second-order valence-corrected chi connectivity index (χ2v) is 6.71. The predicted molar refractivity (Wildman–Crippen MR) is 115 cm³/mol. The minimum absolute atomic E-state index is 0.101. The van der Waals surface area contributed by atoms with Gasteiger partial charge in [-0.1, -0.05) is 0 Å². The van der Waals surface area contributed by atoms with Crippen LogP contribution in [0.25, 0.3) is 0 Å². The lowest BCUT2D eigenvalue weighted by Gasteiger charge is -2.11. The van der Waals surface area contributed by atoms with Gasteiger partial charge < -0.3 is 23.0 Å². The van der Waals surface area contributed by atoms with Crippen LogP contribution in [0.1, 0.15) is 50.7 Å². The molecule has 3 aromatic rings. The molecule has 0 aliphatic heterocycles. The fourth-order valence-electron chi connectivity index (χ4n) is 2.89. The van der Waals surface area contributed by atoms with E-state index in [-0.39, 0.29) is 18.3 Å². The number of nitrogens with one attached hydrogen (secondary N) is 1. The molecule has 0 aliphatic rings. The van der Waals surface area contributed by atoms with Gasteiger partial charge in [0.25, 0.3) is 5.91 Å². The number of carbonyl (C=O) groups is 2. The summed E-state index contributed by atoms with van der Waals surface area (Å²) in [6.07, 6.45) is 1.50. The Bertz CT molecular complexity index is 1130. The first-order valence-electron chi connectivity index (χ1n) is 9.88. The van der Waals surface area contributed by atoms with Gasteiger partial charge in [0, 0.05) is 0 Å². The molecule has 0 spiro atoms. The Hall–Kier alpha value is -4.01. The number of furan rings is 2. The lowest BCUT2D eigenvalue weighted by molar-refractivity contribution is 0.0560. The molecule has 1 N–H and O–H groups in total. The smallest absolute Gasteiger partial charge is 0.373 e. The highest BCUT2D eigenvalue weighted by Crippen LogP contribution is 2.29. The molecule has 0 fully saturated rings. The van der Waals surface area contributed by atoms with Crippen LogP contribution >= 0.6 is 0 Å². The number of esters is 1. The third-order valence-corrected chi connectivity index (χ3v) is 4.35. The highest BCUT2D eigenvalue weighted by atomic mass is 16.5. The second kappa shape index (κ2) is 10.3. The summed E-state index contributed by atoms with van der Waals surface area (Å²) in [6.45, 7) is 5.88. The maximum absolute atomic E-state index is 12.2. The molecule has 32 heavy (non-hydrogen) atoms. The normalized spacial score (nSPS) is 10.9. The Morgan fingerprint density at radius 2 is 1.88 bits per heavy atom. The van der Waals surface area contributed by atoms with Crippen LogP contribution in [-0.4, -0.2) is 31.8 Å². The minimum atomic E-state index is -0.556. The van der Waals surface area contributed by atoms with Crippen LogP contribution in [0.2, 0.25) is 0 Å². The molecule has 2 heterocycles. The van der Waals surface area contributed by atoms with E-state index < -0.39 is 5.97 Å². The average Bonchev–Trinajstić information content (AvgIpc) is 3.38. The molecule has 3 rings (SSSR count). The third kappa shape index (κ3) is 5.57. The molecule has 168 valence electrons. The van der Waals surface area contributed by atoms with Gasteiger partial charge in [-0.05, 0) is 62.7 Å². The van der Waals surface area contributed by atoms with Crippen LogP contribution in [0, 0.1) is 13.8 Å². The number of benzene rings is 1. The van der Waals surface area contributed by atoms with Gasteiger partial charge in [0.2, 0.25) is 5.76 Å². The van der Waals surface area contributed by atoms with Crippen molar-refractivity contribution in [3.63, 3.8) is 0 Å². The fourth-order valence-corrected chi connectivity index (χ4v) is 2.89. The molecule has 0 aliphatic carbocycles. The van der Waals surface area contributed by atoms with Gasteiger partial charge in [-0.15, -0.1) is 0 Å². The summed E-state index contributed by atoms with van der Waals surface area (Å²) in [5, 5.41) is 4.00. The summed E-state index contributed by atoms with van der Waals surface area (Å²) in [5.41, 5.74) is 3.62. The maximum Gasteiger partial charge on any atom is 0.373 e. The summed E-state index contributed by atoms with van der Waals surface area (Å²) >= 11 is 0. The highest BCUT2D eigenvalue weighted by molar-refractivity contribution is 5.96. The third-order valence-electron chi connectivity index (χ3n) is 4.35. The van der Waals surface area contributed by atoms with E-state index in [2.05, 4.69) is 15.3 Å². The number of ether oxygens (including phenoxy) is 3. The van der Waals surface area contributed by atoms with Gasteiger partial charge in [-0.2, -0.15) is 5.10 Å². The molecular weight excluding hydrogens is 416 g/mol. The first-order chi connectivity index (χ1) is 15.4. The van der Waals surface area contributed by atoms with Gasteiger partial charge in [0.15, 0.2) is 11.5 Å². The molecule has 0 bridgehead atoms. The monoisotopic (exact) mass is 440 g/mol. The van der Waals surface area contributed by atoms with E-state index in [1.54, 1.807) is 44.2 Å². The van der Waals surface area contributed by atoms with Gasteiger partial charge >= 0.3 is 5.97 Å². The number of carbonyl (C=O) groups excluding carboxylic acids is 2. The fraction of sp³-hybridized carbons (Fsp3) is 0.261. The van der Waals surface area contributed by atoms with Crippen LogP contribution in [0.15, 0.2) is 50.3 Å². The van der Waals surface area contributed by atoms with Gasteiger partial charge in [-0.25, -0.2) is 10.2 Å². The van der Waals surface area contributed by atoms with E-state index in [0.29, 0.717) is 46.5 Å². The number of nitrogens with zero attached hydrogens (tertiary/aromatic N) is 1. The van der Waals surface area contributed by atoms with Crippen molar-refractivity contribution in [3.05, 3.63) is 70.6 Å². The van der Waals surface area contributed by atoms with Crippen LogP contribution in [-0.2, 0) is 11.3 Å². The first-order valence-corrected chi connectivity index (χ1v) is 9.88. The number of hydrogen-bond acceptors (Lipinski definition) is 8. The molecule has 0 saturated heterocycles. The predicted octanol–water partition coefficient (Wildman–Crippen LogP) is 4.02. The molecule has 0 radical (unpaired) electrons. The van der Waals surface area contributed by atoms with E-state index >= 15 is 0 Å². The molecule has 0 saturated carbocycles. The van der Waals surface area contributed by atoms with Crippen molar-refractivity contribution in [2.24, 2.45) is 5.10 Å². The van der Waals surface area contributed by atoms with Crippen LogP contribution in [0.5, 0.6) is 11.5 Å². The maximum atomic E-state index is 12.2. The highest BCUT2D eigenvalue weighted by Gasteiger charge is 2.14. The zero-order valence-corrected chi connectivity index (χ0v) is 18.3. The Labute approximate surface area is 184 Å². The van der Waals surface area contributed by atoms with E-state index in [0.717, 1.165) is 0 Å². The Morgan fingerprint density at radius 3 is 2.56 bits per heavy atom. The van der Waals surface area contributed by atoms with Crippen molar-refractivity contribution in [1.82, 2.24) is 5.43 Å². The minimum Gasteiger partial charge on any atom is -0.490 e. The van der Waals surface area contributed by atoms with Crippen molar-refractivity contribution >= 4 is 18.1 Å². The number of methoxy groups -OCH3 is 1. The zero-order chi connectivity index (χ0) is 23.1. The van der Waals surface area contributed by atoms with Crippen LogP contribution in [0.3, 0.4) is 0 Å². The molecule has 1 aromatic carbocycles. The van der Waals surface area contributed by atoms with Crippen molar-refractivity contribution in [3.8, 4) is 11.5 Å². The molecule has 0 unspecified atom stereocenters. The van der Waals surface area contributed by atoms with Crippen molar-refractivity contribution in [2.45, 2.75) is 27.4 Å². The molecule has 1 amide bonds. The Kier molecular flexibility index (Phi) is 7.33. The van der Waals surface area contributed by atoms with Crippen molar-refractivity contribution < 1.29 is 32.6 Å². The molecule has 9 nitrogen and oxygen atoms in total. The number of hydrazone groups is 1. The Morgan fingerprint density at radius 1 is 1.06 bits per heavy atom. The second-order valence-electron chi connectivity index (χ2n) is 6.71. The SMILES string of the molecule is CCOc1cc(/C=N/NC(=O)c2cc(C)oc2C)ccc1OCc1ccc(C(=O)OC)o1. The summed E-state index contributed by atoms with van der Waals surface area (Å²) in [7, 11) is 1.28. The van der Waals surface area contributed by atoms with E-state index in [9.17, 15) is 9.59 Å². The lowest BCUT2D eigenvalue weighted by atomic mass is 10.2. The van der Waals surface area contributed by atoms with Gasteiger partial charge in [0.05, 0.1) is 25.5 Å². The summed E-state index contributed by atoms with van der Waals surface area (Å²) < 4.78 is 26.8. The van der Waals surface area contributed by atoms with E-state index in [1.165, 1.54) is 19.4 Å².